The highest BCUT2D eigenvalue weighted by Crippen LogP contribution is 2.29. The predicted molar refractivity (Wildman–Crippen MR) is 89.7 cm³/mol. The number of amides is 3. The molecule has 0 aromatic heterocycles. The van der Waals surface area contributed by atoms with Gasteiger partial charge in [0.05, 0.1) is 19.1 Å². The number of nitrogens with zero attached hydrogens (tertiary/aromatic N) is 3. The highest BCUT2D eigenvalue weighted by atomic mass is 32.2. The Morgan fingerprint density at radius 2 is 2.17 bits per heavy atom. The molecule has 3 heterocycles. The third-order valence-electron chi connectivity index (χ3n) is 4.05. The fourth-order valence-electron chi connectivity index (χ4n) is 3.07. The van der Waals surface area contributed by atoms with E-state index in [1.54, 1.807) is 4.90 Å². The molecule has 132 valence electrons. The SMILES string of the molecule is CC(C)(C)OC(=O)N(C1=NCCS1)[C@H]1C[C@H]2C(=O)NCC(=O)N2C1. The molecule has 0 spiro atoms. The van der Waals surface area contributed by atoms with Gasteiger partial charge in [0.25, 0.3) is 0 Å². The number of ether oxygens (including phenoxy) is 1. The van der Waals surface area contributed by atoms with Crippen molar-refractivity contribution in [2.45, 2.75) is 44.9 Å². The molecule has 0 bridgehead atoms. The molecule has 24 heavy (non-hydrogen) atoms. The molecule has 2 saturated heterocycles. The summed E-state index contributed by atoms with van der Waals surface area (Å²) >= 11 is 1.50. The van der Waals surface area contributed by atoms with Gasteiger partial charge in [-0.3, -0.25) is 19.5 Å². The zero-order valence-electron chi connectivity index (χ0n) is 14.1. The first-order chi connectivity index (χ1) is 11.3. The molecule has 0 saturated carbocycles. The highest BCUT2D eigenvalue weighted by molar-refractivity contribution is 8.14. The van der Waals surface area contributed by atoms with E-state index >= 15 is 0 Å². The molecule has 2 fully saturated rings. The maximum absolute atomic E-state index is 12.7. The Bertz CT molecular complexity index is 577. The molecule has 3 aliphatic rings. The van der Waals surface area contributed by atoms with Crippen molar-refractivity contribution >= 4 is 34.8 Å². The molecule has 0 aromatic carbocycles. The number of nitrogens with one attached hydrogen (secondary N) is 1. The van der Waals surface area contributed by atoms with Crippen molar-refractivity contribution in [3.05, 3.63) is 0 Å². The van der Waals surface area contributed by atoms with Gasteiger partial charge in [-0.05, 0) is 27.2 Å². The number of carbonyl (C=O) groups excluding carboxylic acids is 3. The van der Waals surface area contributed by atoms with E-state index in [2.05, 4.69) is 10.3 Å². The van der Waals surface area contributed by atoms with Gasteiger partial charge in [-0.15, -0.1) is 0 Å². The number of aliphatic imine (C=N–C) groups is 1. The molecule has 3 amide bonds. The number of carbonyl (C=O) groups is 3. The second-order valence-electron chi connectivity index (χ2n) is 7.03. The summed E-state index contributed by atoms with van der Waals surface area (Å²) in [7, 11) is 0. The minimum Gasteiger partial charge on any atom is -0.443 e. The molecule has 0 aromatic rings. The Kier molecular flexibility index (Phi) is 4.46. The van der Waals surface area contributed by atoms with E-state index in [1.807, 2.05) is 20.8 Å². The standard InChI is InChI=1S/C15H22N4O4S/c1-15(2,3)23-14(22)19(13-16-4-5-24-13)9-6-10-12(21)17-7-11(20)18(10)8-9/h9-10H,4-8H2,1-3H3,(H,17,21)/t9-,10-/m0/s1. The lowest BCUT2D eigenvalue weighted by Crippen LogP contribution is -2.55. The van der Waals surface area contributed by atoms with Crippen molar-refractivity contribution in [3.63, 3.8) is 0 Å². The van der Waals surface area contributed by atoms with Crippen LogP contribution in [0.1, 0.15) is 27.2 Å². The van der Waals surface area contributed by atoms with Crippen LogP contribution in [-0.4, -0.2) is 75.9 Å². The van der Waals surface area contributed by atoms with E-state index in [-0.39, 0.29) is 24.4 Å². The molecule has 0 aliphatic carbocycles. The maximum atomic E-state index is 12.7. The van der Waals surface area contributed by atoms with Crippen LogP contribution in [0.2, 0.25) is 0 Å². The number of hydrogen-bond donors (Lipinski definition) is 1. The smallest absolute Gasteiger partial charge is 0.416 e. The Morgan fingerprint density at radius 1 is 1.42 bits per heavy atom. The second kappa shape index (κ2) is 6.27. The van der Waals surface area contributed by atoms with Gasteiger partial charge < -0.3 is 15.0 Å². The summed E-state index contributed by atoms with van der Waals surface area (Å²) in [5.41, 5.74) is -0.627. The third-order valence-corrected chi connectivity index (χ3v) is 5.02. The Labute approximate surface area is 145 Å². The topological polar surface area (TPSA) is 91.3 Å². The first kappa shape index (κ1) is 17.1. The Morgan fingerprint density at radius 3 is 2.75 bits per heavy atom. The quantitative estimate of drug-likeness (QED) is 0.737. The van der Waals surface area contributed by atoms with Crippen LogP contribution in [0.3, 0.4) is 0 Å². The van der Waals surface area contributed by atoms with Gasteiger partial charge in [0, 0.05) is 12.3 Å². The van der Waals surface area contributed by atoms with E-state index in [1.165, 1.54) is 16.7 Å². The molecule has 0 unspecified atom stereocenters. The number of hydrogen-bond acceptors (Lipinski definition) is 6. The summed E-state index contributed by atoms with van der Waals surface area (Å²) in [4.78, 5) is 44.3. The van der Waals surface area contributed by atoms with E-state index in [4.69, 9.17) is 4.74 Å². The fraction of sp³-hybridized carbons (Fsp3) is 0.733. The fourth-order valence-corrected chi connectivity index (χ4v) is 3.98. The lowest BCUT2D eigenvalue weighted by molar-refractivity contribution is -0.143. The molecule has 9 heteroatoms. The van der Waals surface area contributed by atoms with Gasteiger partial charge in [-0.25, -0.2) is 4.79 Å². The lowest BCUT2D eigenvalue weighted by Gasteiger charge is -2.31. The number of piperazine rings is 1. The monoisotopic (exact) mass is 354 g/mol. The van der Waals surface area contributed by atoms with E-state index in [9.17, 15) is 14.4 Å². The summed E-state index contributed by atoms with van der Waals surface area (Å²) in [6.45, 7) is 6.42. The molecule has 8 nitrogen and oxygen atoms in total. The highest BCUT2D eigenvalue weighted by Gasteiger charge is 2.47. The number of thioether (sulfide) groups is 1. The van der Waals surface area contributed by atoms with Crippen LogP contribution < -0.4 is 5.32 Å². The van der Waals surface area contributed by atoms with Crippen molar-refractivity contribution in [1.29, 1.82) is 0 Å². The van der Waals surface area contributed by atoms with Crippen LogP contribution in [0.4, 0.5) is 4.79 Å². The summed E-state index contributed by atoms with van der Waals surface area (Å²) in [5, 5.41) is 3.21. The van der Waals surface area contributed by atoms with Crippen LogP contribution >= 0.6 is 11.8 Å². The average Bonchev–Trinajstić information content (AvgIpc) is 3.12. The van der Waals surface area contributed by atoms with Crippen molar-refractivity contribution in [3.8, 4) is 0 Å². The summed E-state index contributed by atoms with van der Waals surface area (Å²) in [5.74, 6) is 0.531. The average molecular weight is 354 g/mol. The van der Waals surface area contributed by atoms with Crippen LogP contribution in [0.25, 0.3) is 0 Å². The van der Waals surface area contributed by atoms with Gasteiger partial charge in [0.1, 0.15) is 11.6 Å². The van der Waals surface area contributed by atoms with Gasteiger partial charge in [-0.1, -0.05) is 11.8 Å². The minimum atomic E-state index is -0.627. The zero-order valence-corrected chi connectivity index (χ0v) is 14.9. The first-order valence-electron chi connectivity index (χ1n) is 8.03. The summed E-state index contributed by atoms with van der Waals surface area (Å²) in [6, 6.07) is -0.824. The zero-order chi connectivity index (χ0) is 17.5. The Balaban J connectivity index is 1.82. The largest absolute Gasteiger partial charge is 0.443 e. The predicted octanol–water partition coefficient (Wildman–Crippen LogP) is 0.426. The molecule has 0 radical (unpaired) electrons. The molecule has 1 N–H and O–H groups in total. The van der Waals surface area contributed by atoms with Crippen molar-refractivity contribution < 1.29 is 19.1 Å². The molecule has 3 aliphatic heterocycles. The summed E-state index contributed by atoms with van der Waals surface area (Å²) < 4.78 is 5.52. The lowest BCUT2D eigenvalue weighted by atomic mass is 10.1. The second-order valence-corrected chi connectivity index (χ2v) is 8.09. The molecule has 3 rings (SSSR count). The van der Waals surface area contributed by atoms with Crippen LogP contribution in [0.5, 0.6) is 0 Å². The Hall–Kier alpha value is -1.77. The molecular formula is C15H22N4O4S. The molecule has 2 atom stereocenters. The molecular weight excluding hydrogens is 332 g/mol. The van der Waals surface area contributed by atoms with E-state index in [0.717, 1.165) is 5.75 Å². The van der Waals surface area contributed by atoms with Crippen LogP contribution in [0, 0.1) is 0 Å². The van der Waals surface area contributed by atoms with Crippen molar-refractivity contribution in [2.24, 2.45) is 4.99 Å². The minimum absolute atomic E-state index is 0.0180. The van der Waals surface area contributed by atoms with Gasteiger partial charge in [0.2, 0.25) is 11.8 Å². The number of amidine groups is 1. The summed E-state index contributed by atoms with van der Waals surface area (Å²) in [6.07, 6.45) is -0.0792. The third kappa shape index (κ3) is 3.35. The normalized spacial score (nSPS) is 26.8. The van der Waals surface area contributed by atoms with Crippen LogP contribution in [0.15, 0.2) is 4.99 Å². The van der Waals surface area contributed by atoms with Gasteiger partial charge in [-0.2, -0.15) is 0 Å². The van der Waals surface area contributed by atoms with Crippen molar-refractivity contribution in [1.82, 2.24) is 15.1 Å². The van der Waals surface area contributed by atoms with Gasteiger partial charge >= 0.3 is 6.09 Å². The van der Waals surface area contributed by atoms with Crippen LogP contribution in [-0.2, 0) is 14.3 Å². The van der Waals surface area contributed by atoms with E-state index in [0.29, 0.717) is 24.7 Å². The first-order valence-corrected chi connectivity index (χ1v) is 9.01. The van der Waals surface area contributed by atoms with E-state index < -0.39 is 17.7 Å². The van der Waals surface area contributed by atoms with Crippen molar-refractivity contribution in [2.75, 3.05) is 25.4 Å². The number of rotatable bonds is 1. The number of fused-ring (bicyclic) bond motifs is 1. The van der Waals surface area contributed by atoms with Gasteiger partial charge in [0.15, 0.2) is 5.17 Å². The maximum Gasteiger partial charge on any atom is 0.416 e.